The van der Waals surface area contributed by atoms with Crippen LogP contribution < -0.4 is 4.72 Å². The lowest BCUT2D eigenvalue weighted by Crippen LogP contribution is -2.16. The van der Waals surface area contributed by atoms with Gasteiger partial charge in [0.15, 0.2) is 0 Å². The van der Waals surface area contributed by atoms with Crippen LogP contribution in [0, 0.1) is 6.92 Å². The van der Waals surface area contributed by atoms with Gasteiger partial charge in [-0.15, -0.1) is 0 Å². The highest BCUT2D eigenvalue weighted by molar-refractivity contribution is 9.10. The largest absolute Gasteiger partial charge is 0.478 e. The van der Waals surface area contributed by atoms with Crippen LogP contribution >= 0.6 is 15.9 Å². The van der Waals surface area contributed by atoms with E-state index in [9.17, 15) is 13.2 Å². The molecule has 2 rings (SSSR count). The minimum atomic E-state index is -3.85. The molecule has 0 aliphatic rings. The van der Waals surface area contributed by atoms with Crippen molar-refractivity contribution in [3.63, 3.8) is 0 Å². The second kappa shape index (κ2) is 5.87. The number of benzene rings is 2. The van der Waals surface area contributed by atoms with Gasteiger partial charge in [0.1, 0.15) is 0 Å². The fraction of sp³-hybridized carbons (Fsp3) is 0.0714. The highest BCUT2D eigenvalue weighted by Gasteiger charge is 2.20. The Morgan fingerprint density at radius 3 is 2.33 bits per heavy atom. The number of hydrogen-bond donors (Lipinski definition) is 2. The summed E-state index contributed by atoms with van der Waals surface area (Å²) >= 11 is 3.16. The topological polar surface area (TPSA) is 83.5 Å². The Labute approximate surface area is 130 Å². The minimum absolute atomic E-state index is 0.00516. The maximum Gasteiger partial charge on any atom is 0.337 e. The smallest absolute Gasteiger partial charge is 0.337 e. The van der Waals surface area contributed by atoms with Crippen molar-refractivity contribution in [3.8, 4) is 0 Å². The summed E-state index contributed by atoms with van der Waals surface area (Å²) in [4.78, 5) is 11.3. The molecule has 0 spiro atoms. The van der Waals surface area contributed by atoms with Gasteiger partial charge in [0.25, 0.3) is 10.0 Å². The second-order valence-electron chi connectivity index (χ2n) is 4.39. The number of carbonyl (C=O) groups is 1. The molecule has 0 saturated carbocycles. The molecule has 0 unspecified atom stereocenters. The first-order chi connectivity index (χ1) is 9.81. The molecule has 0 amide bonds. The highest BCUT2D eigenvalue weighted by Crippen LogP contribution is 2.29. The highest BCUT2D eigenvalue weighted by atomic mass is 79.9. The van der Waals surface area contributed by atoms with Gasteiger partial charge in [-0.05, 0) is 47.1 Å². The van der Waals surface area contributed by atoms with Gasteiger partial charge >= 0.3 is 5.97 Å². The fourth-order valence-electron chi connectivity index (χ4n) is 1.72. The van der Waals surface area contributed by atoms with Crippen molar-refractivity contribution in [2.24, 2.45) is 0 Å². The molecule has 2 N–H and O–H groups in total. The Hall–Kier alpha value is -1.86. The second-order valence-corrected chi connectivity index (χ2v) is 6.92. The molecule has 5 nitrogen and oxygen atoms in total. The number of sulfonamides is 1. The van der Waals surface area contributed by atoms with E-state index in [1.54, 1.807) is 18.2 Å². The van der Waals surface area contributed by atoms with E-state index in [4.69, 9.17) is 5.11 Å². The van der Waals surface area contributed by atoms with Gasteiger partial charge in [-0.3, -0.25) is 4.72 Å². The minimum Gasteiger partial charge on any atom is -0.478 e. The molecule has 2 aromatic carbocycles. The first kappa shape index (κ1) is 15.5. The Bertz CT molecular complexity index is 785. The van der Waals surface area contributed by atoms with E-state index in [0.717, 1.165) is 5.56 Å². The average Bonchev–Trinajstić information content (AvgIpc) is 2.41. The predicted octanol–water partition coefficient (Wildman–Crippen LogP) is 3.26. The van der Waals surface area contributed by atoms with Crippen LogP contribution in [-0.4, -0.2) is 19.5 Å². The zero-order chi connectivity index (χ0) is 15.6. The quantitative estimate of drug-likeness (QED) is 0.866. The summed E-state index contributed by atoms with van der Waals surface area (Å²) in [6.07, 6.45) is 0. The zero-order valence-electron chi connectivity index (χ0n) is 11.0. The van der Waals surface area contributed by atoms with Crippen LogP contribution in [0.25, 0.3) is 0 Å². The van der Waals surface area contributed by atoms with Crippen LogP contribution in [0.15, 0.2) is 51.8 Å². The van der Waals surface area contributed by atoms with Gasteiger partial charge in [-0.2, -0.15) is 0 Å². The van der Waals surface area contributed by atoms with Crippen molar-refractivity contribution in [3.05, 3.63) is 58.1 Å². The number of anilines is 1. The molecule has 21 heavy (non-hydrogen) atoms. The average molecular weight is 370 g/mol. The molecular formula is C14H12BrNO4S. The number of carboxylic acids is 1. The molecule has 7 heteroatoms. The molecule has 0 aliphatic carbocycles. The molecule has 0 radical (unpaired) electrons. The van der Waals surface area contributed by atoms with Crippen molar-refractivity contribution in [2.45, 2.75) is 11.8 Å². The van der Waals surface area contributed by atoms with Crippen molar-refractivity contribution in [2.75, 3.05) is 4.72 Å². The molecule has 0 saturated heterocycles. The Balaban J connectivity index is 2.46. The first-order valence-corrected chi connectivity index (χ1v) is 8.20. The molecule has 0 bridgehead atoms. The van der Waals surface area contributed by atoms with Gasteiger partial charge < -0.3 is 5.11 Å². The molecule has 0 aliphatic heterocycles. The van der Waals surface area contributed by atoms with Crippen LogP contribution in [0.3, 0.4) is 0 Å². The Morgan fingerprint density at radius 2 is 1.76 bits per heavy atom. The number of carboxylic acid groups (broad SMARTS) is 1. The van der Waals surface area contributed by atoms with Gasteiger partial charge in [-0.1, -0.05) is 23.8 Å². The van der Waals surface area contributed by atoms with E-state index in [1.165, 1.54) is 24.3 Å². The summed E-state index contributed by atoms with van der Waals surface area (Å²) in [6.45, 7) is 1.85. The number of rotatable bonds is 4. The maximum atomic E-state index is 12.3. The molecular weight excluding hydrogens is 358 g/mol. The number of aromatic carboxylic acids is 1. The van der Waals surface area contributed by atoms with E-state index in [1.807, 2.05) is 6.92 Å². The number of nitrogens with one attached hydrogen (secondary N) is 1. The maximum absolute atomic E-state index is 12.3. The summed E-state index contributed by atoms with van der Waals surface area (Å²) in [5.74, 6) is -1.21. The summed E-state index contributed by atoms with van der Waals surface area (Å²) in [5.41, 5.74) is 0.812. The third-order valence-electron chi connectivity index (χ3n) is 2.81. The van der Waals surface area contributed by atoms with E-state index < -0.39 is 16.0 Å². The van der Waals surface area contributed by atoms with Gasteiger partial charge in [0.2, 0.25) is 0 Å². The van der Waals surface area contributed by atoms with Crippen molar-refractivity contribution in [1.29, 1.82) is 0 Å². The van der Waals surface area contributed by atoms with E-state index in [-0.39, 0.29) is 16.1 Å². The first-order valence-electron chi connectivity index (χ1n) is 5.92. The molecule has 0 atom stereocenters. The standard InChI is InChI=1S/C14H12BrNO4S/c1-9-5-7-10(8-6-9)21(19,20)16-13-11(14(17)18)3-2-4-12(13)15/h2-8,16H,1H3,(H,17,18). The normalized spacial score (nSPS) is 11.1. The third kappa shape index (κ3) is 3.43. The van der Waals surface area contributed by atoms with Crippen LogP contribution in [0.2, 0.25) is 0 Å². The predicted molar refractivity (Wildman–Crippen MR) is 83.1 cm³/mol. The molecule has 2 aromatic rings. The van der Waals surface area contributed by atoms with Crippen LogP contribution in [0.4, 0.5) is 5.69 Å². The molecule has 0 heterocycles. The summed E-state index contributed by atoms with van der Waals surface area (Å²) in [5, 5.41) is 9.14. The van der Waals surface area contributed by atoms with Crippen molar-refractivity contribution >= 4 is 37.6 Å². The summed E-state index contributed by atoms with van der Waals surface area (Å²) in [6, 6.07) is 10.7. The van der Waals surface area contributed by atoms with Crippen LogP contribution in [0.5, 0.6) is 0 Å². The number of para-hydroxylation sites is 1. The molecule has 110 valence electrons. The number of halogens is 1. The fourth-order valence-corrected chi connectivity index (χ4v) is 3.41. The van der Waals surface area contributed by atoms with Crippen molar-refractivity contribution < 1.29 is 18.3 Å². The van der Waals surface area contributed by atoms with Crippen molar-refractivity contribution in [1.82, 2.24) is 0 Å². The molecule has 0 fully saturated rings. The number of hydrogen-bond acceptors (Lipinski definition) is 3. The van der Waals surface area contributed by atoms with E-state index >= 15 is 0 Å². The third-order valence-corrected chi connectivity index (χ3v) is 4.84. The summed E-state index contributed by atoms with van der Waals surface area (Å²) < 4.78 is 27.3. The van der Waals surface area contributed by atoms with E-state index in [0.29, 0.717) is 4.47 Å². The lowest BCUT2D eigenvalue weighted by atomic mass is 10.2. The van der Waals surface area contributed by atoms with Crippen LogP contribution in [0.1, 0.15) is 15.9 Å². The Kier molecular flexibility index (Phi) is 4.34. The Morgan fingerprint density at radius 1 is 1.14 bits per heavy atom. The monoisotopic (exact) mass is 369 g/mol. The van der Waals surface area contributed by atoms with Gasteiger partial charge in [-0.25, -0.2) is 13.2 Å². The van der Waals surface area contributed by atoms with Gasteiger partial charge in [0, 0.05) is 4.47 Å². The van der Waals surface area contributed by atoms with Gasteiger partial charge in [0.05, 0.1) is 16.1 Å². The van der Waals surface area contributed by atoms with E-state index in [2.05, 4.69) is 20.7 Å². The zero-order valence-corrected chi connectivity index (χ0v) is 13.4. The number of aryl methyl sites for hydroxylation is 1. The lowest BCUT2D eigenvalue weighted by Gasteiger charge is -2.12. The lowest BCUT2D eigenvalue weighted by molar-refractivity contribution is 0.0698. The molecule has 0 aromatic heterocycles. The SMILES string of the molecule is Cc1ccc(S(=O)(=O)Nc2c(Br)cccc2C(=O)O)cc1. The van der Waals surface area contributed by atoms with Crippen LogP contribution in [-0.2, 0) is 10.0 Å². The summed E-state index contributed by atoms with van der Waals surface area (Å²) in [7, 11) is -3.85.